The molecular weight excluding hydrogens is 256 g/mol. The zero-order chi connectivity index (χ0) is 15.5. The van der Waals surface area contributed by atoms with Gasteiger partial charge in [0.15, 0.2) is 0 Å². The summed E-state index contributed by atoms with van der Waals surface area (Å²) in [6.07, 6.45) is 11.1. The van der Waals surface area contributed by atoms with Gasteiger partial charge in [0.05, 0.1) is 0 Å². The molecule has 0 aromatic rings. The third-order valence-corrected chi connectivity index (χ3v) is 6.77. The standard InChI is InChI=1S/C19H38N2/c1-6-16-10-8-9-13-21(16)18-14-15(19(3,4)7-2)11-12-17(18)20-5/h15-18,20H,6-14H2,1-5H3. The van der Waals surface area contributed by atoms with Crippen LogP contribution in [0.4, 0.5) is 0 Å². The lowest BCUT2D eigenvalue weighted by molar-refractivity contribution is 0.0117. The molecule has 1 aliphatic heterocycles. The van der Waals surface area contributed by atoms with E-state index in [0.717, 1.165) is 18.0 Å². The van der Waals surface area contributed by atoms with E-state index in [2.05, 4.69) is 45.0 Å². The third-order valence-electron chi connectivity index (χ3n) is 6.77. The Morgan fingerprint density at radius 1 is 1.10 bits per heavy atom. The predicted octanol–water partition coefficient (Wildman–Crippen LogP) is 4.44. The van der Waals surface area contributed by atoms with E-state index in [1.807, 2.05) is 0 Å². The molecule has 2 fully saturated rings. The van der Waals surface area contributed by atoms with Crippen LogP contribution in [0.3, 0.4) is 0 Å². The third kappa shape index (κ3) is 3.82. The summed E-state index contributed by atoms with van der Waals surface area (Å²) < 4.78 is 0. The Labute approximate surface area is 133 Å². The van der Waals surface area contributed by atoms with E-state index in [4.69, 9.17) is 0 Å². The van der Waals surface area contributed by atoms with Crippen molar-refractivity contribution in [2.75, 3.05) is 13.6 Å². The minimum atomic E-state index is 0.508. The Hall–Kier alpha value is -0.0800. The van der Waals surface area contributed by atoms with Crippen molar-refractivity contribution in [3.8, 4) is 0 Å². The molecule has 0 bridgehead atoms. The number of nitrogens with zero attached hydrogens (tertiary/aromatic N) is 1. The van der Waals surface area contributed by atoms with E-state index in [0.29, 0.717) is 11.5 Å². The zero-order valence-electron chi connectivity index (χ0n) is 15.1. The van der Waals surface area contributed by atoms with Gasteiger partial charge in [0.25, 0.3) is 0 Å². The van der Waals surface area contributed by atoms with Crippen LogP contribution < -0.4 is 5.32 Å². The number of likely N-dealkylation sites (N-methyl/N-ethyl adjacent to an activating group) is 1. The number of hydrogen-bond donors (Lipinski definition) is 1. The van der Waals surface area contributed by atoms with E-state index in [1.54, 1.807) is 0 Å². The normalized spacial score (nSPS) is 35.9. The van der Waals surface area contributed by atoms with E-state index in [-0.39, 0.29) is 0 Å². The predicted molar refractivity (Wildman–Crippen MR) is 92.7 cm³/mol. The largest absolute Gasteiger partial charge is 0.315 e. The summed E-state index contributed by atoms with van der Waals surface area (Å²) in [4.78, 5) is 2.89. The van der Waals surface area contributed by atoms with Crippen LogP contribution in [-0.2, 0) is 0 Å². The minimum Gasteiger partial charge on any atom is -0.315 e. The van der Waals surface area contributed by atoms with Crippen molar-refractivity contribution in [1.29, 1.82) is 0 Å². The lowest BCUT2D eigenvalue weighted by atomic mass is 9.67. The highest BCUT2D eigenvalue weighted by molar-refractivity contribution is 4.96. The van der Waals surface area contributed by atoms with Crippen LogP contribution in [0.1, 0.15) is 79.1 Å². The molecule has 21 heavy (non-hydrogen) atoms. The molecule has 0 aromatic carbocycles. The molecule has 1 aliphatic carbocycles. The molecule has 0 spiro atoms. The van der Waals surface area contributed by atoms with Gasteiger partial charge in [0.1, 0.15) is 0 Å². The second-order valence-electron chi connectivity index (χ2n) is 8.11. The Kier molecular flexibility index (Phi) is 6.14. The van der Waals surface area contributed by atoms with Gasteiger partial charge < -0.3 is 5.32 Å². The zero-order valence-corrected chi connectivity index (χ0v) is 15.1. The Morgan fingerprint density at radius 3 is 2.48 bits per heavy atom. The van der Waals surface area contributed by atoms with Gasteiger partial charge >= 0.3 is 0 Å². The second kappa shape index (κ2) is 7.46. The average Bonchev–Trinajstić information content (AvgIpc) is 2.54. The lowest BCUT2D eigenvalue weighted by Crippen LogP contribution is -2.57. The summed E-state index contributed by atoms with van der Waals surface area (Å²) >= 11 is 0. The highest BCUT2D eigenvalue weighted by Crippen LogP contribution is 2.42. The first-order valence-corrected chi connectivity index (χ1v) is 9.46. The van der Waals surface area contributed by atoms with Gasteiger partial charge in [-0.25, -0.2) is 0 Å². The van der Waals surface area contributed by atoms with Crippen molar-refractivity contribution >= 4 is 0 Å². The second-order valence-corrected chi connectivity index (χ2v) is 8.11. The number of nitrogens with one attached hydrogen (secondary N) is 1. The monoisotopic (exact) mass is 294 g/mol. The average molecular weight is 295 g/mol. The van der Waals surface area contributed by atoms with Crippen molar-refractivity contribution in [3.05, 3.63) is 0 Å². The molecule has 1 heterocycles. The van der Waals surface area contributed by atoms with Crippen molar-refractivity contribution in [2.24, 2.45) is 11.3 Å². The van der Waals surface area contributed by atoms with Crippen LogP contribution in [-0.4, -0.2) is 36.6 Å². The Bertz CT molecular complexity index is 313. The molecule has 0 amide bonds. The quantitative estimate of drug-likeness (QED) is 0.806. The number of hydrogen-bond acceptors (Lipinski definition) is 2. The molecule has 0 aromatic heterocycles. The van der Waals surface area contributed by atoms with Gasteiger partial charge in [0, 0.05) is 18.1 Å². The topological polar surface area (TPSA) is 15.3 Å². The van der Waals surface area contributed by atoms with Gasteiger partial charge in [0.2, 0.25) is 0 Å². The molecule has 0 radical (unpaired) electrons. The van der Waals surface area contributed by atoms with Crippen LogP contribution in [0, 0.1) is 11.3 Å². The van der Waals surface area contributed by atoms with Gasteiger partial charge in [-0.3, -0.25) is 4.90 Å². The van der Waals surface area contributed by atoms with Crippen molar-refractivity contribution in [2.45, 2.75) is 97.2 Å². The van der Waals surface area contributed by atoms with Crippen LogP contribution >= 0.6 is 0 Å². The summed E-state index contributed by atoms with van der Waals surface area (Å²) in [5.41, 5.74) is 0.508. The summed E-state index contributed by atoms with van der Waals surface area (Å²) in [7, 11) is 2.17. The Morgan fingerprint density at radius 2 is 1.86 bits per heavy atom. The summed E-state index contributed by atoms with van der Waals surface area (Å²) in [5.74, 6) is 0.900. The van der Waals surface area contributed by atoms with E-state index < -0.39 is 0 Å². The highest BCUT2D eigenvalue weighted by atomic mass is 15.2. The first kappa shape index (κ1) is 17.3. The first-order valence-electron chi connectivity index (χ1n) is 9.46. The Balaban J connectivity index is 2.12. The molecule has 124 valence electrons. The minimum absolute atomic E-state index is 0.508. The molecule has 4 atom stereocenters. The van der Waals surface area contributed by atoms with Crippen LogP contribution in [0.25, 0.3) is 0 Å². The number of likely N-dealkylation sites (tertiary alicyclic amines) is 1. The number of piperidine rings is 1. The molecule has 4 unspecified atom stereocenters. The molecule has 1 saturated heterocycles. The van der Waals surface area contributed by atoms with Gasteiger partial charge in [-0.2, -0.15) is 0 Å². The maximum Gasteiger partial charge on any atom is 0.0254 e. The maximum atomic E-state index is 3.64. The van der Waals surface area contributed by atoms with Crippen LogP contribution in [0.15, 0.2) is 0 Å². The molecule has 2 rings (SSSR count). The van der Waals surface area contributed by atoms with E-state index in [1.165, 1.54) is 57.9 Å². The lowest BCUT2D eigenvalue weighted by Gasteiger charge is -2.50. The first-order chi connectivity index (χ1) is 10.0. The summed E-state index contributed by atoms with van der Waals surface area (Å²) in [5, 5.41) is 3.64. The fourth-order valence-electron chi connectivity index (χ4n) is 4.75. The SMILES string of the molecule is CCC1CCCCN1C1CC(C(C)(C)CC)CCC1NC. The van der Waals surface area contributed by atoms with Crippen LogP contribution in [0.2, 0.25) is 0 Å². The fourth-order valence-corrected chi connectivity index (χ4v) is 4.75. The summed E-state index contributed by atoms with van der Waals surface area (Å²) in [6.45, 7) is 11.1. The van der Waals surface area contributed by atoms with E-state index in [9.17, 15) is 0 Å². The van der Waals surface area contributed by atoms with Crippen LogP contribution in [0.5, 0.6) is 0 Å². The van der Waals surface area contributed by atoms with E-state index >= 15 is 0 Å². The maximum absolute atomic E-state index is 3.64. The molecule has 2 aliphatic rings. The molecule has 1 saturated carbocycles. The highest BCUT2D eigenvalue weighted by Gasteiger charge is 2.40. The van der Waals surface area contributed by atoms with Gasteiger partial charge in [-0.1, -0.05) is 40.5 Å². The fraction of sp³-hybridized carbons (Fsp3) is 1.00. The molecule has 2 nitrogen and oxygen atoms in total. The van der Waals surface area contributed by atoms with Crippen molar-refractivity contribution in [1.82, 2.24) is 10.2 Å². The number of rotatable bonds is 5. The summed E-state index contributed by atoms with van der Waals surface area (Å²) in [6, 6.07) is 2.31. The molecule has 1 N–H and O–H groups in total. The van der Waals surface area contributed by atoms with Crippen molar-refractivity contribution < 1.29 is 0 Å². The van der Waals surface area contributed by atoms with Gasteiger partial charge in [-0.15, -0.1) is 0 Å². The molecule has 2 heteroatoms. The molecular formula is C19H38N2. The van der Waals surface area contributed by atoms with Crippen molar-refractivity contribution in [3.63, 3.8) is 0 Å². The van der Waals surface area contributed by atoms with Gasteiger partial charge in [-0.05, 0) is 63.5 Å². The smallest absolute Gasteiger partial charge is 0.0254 e.